The van der Waals surface area contributed by atoms with Crippen LogP contribution in [0.15, 0.2) is 53.2 Å². The van der Waals surface area contributed by atoms with E-state index in [2.05, 4.69) is 20.3 Å². The summed E-state index contributed by atoms with van der Waals surface area (Å²) in [5.41, 5.74) is 1.93. The van der Waals surface area contributed by atoms with Gasteiger partial charge < -0.3 is 5.32 Å². The first-order chi connectivity index (χ1) is 11.7. The maximum atomic E-state index is 11.3. The first-order valence-electron chi connectivity index (χ1n) is 7.79. The summed E-state index contributed by atoms with van der Waals surface area (Å²) in [6, 6.07) is 9.37. The highest BCUT2D eigenvalue weighted by Gasteiger charge is 2.28. The highest BCUT2D eigenvalue weighted by atomic mass is 16.6. The van der Waals surface area contributed by atoms with Crippen molar-refractivity contribution >= 4 is 17.3 Å². The van der Waals surface area contributed by atoms with E-state index < -0.39 is 4.92 Å². The van der Waals surface area contributed by atoms with Crippen molar-refractivity contribution in [2.24, 2.45) is 10.9 Å². The first kappa shape index (κ1) is 14.5. The van der Waals surface area contributed by atoms with Gasteiger partial charge in [0.25, 0.3) is 0 Å². The molecule has 0 radical (unpaired) electrons. The van der Waals surface area contributed by atoms with Crippen molar-refractivity contribution in [1.29, 1.82) is 0 Å². The Morgan fingerprint density at radius 1 is 1.21 bits per heavy atom. The second-order valence-electron chi connectivity index (χ2n) is 5.87. The van der Waals surface area contributed by atoms with Crippen molar-refractivity contribution in [1.82, 2.24) is 9.97 Å². The second-order valence-corrected chi connectivity index (χ2v) is 5.87. The Morgan fingerprint density at radius 2 is 2.00 bits per heavy atom. The number of nitrogens with one attached hydrogen (secondary N) is 1. The van der Waals surface area contributed by atoms with E-state index in [1.807, 2.05) is 36.4 Å². The molecule has 1 fully saturated rings. The fourth-order valence-corrected chi connectivity index (χ4v) is 2.67. The molecule has 1 aliphatic carbocycles. The van der Waals surface area contributed by atoms with Crippen molar-refractivity contribution in [3.63, 3.8) is 0 Å². The van der Waals surface area contributed by atoms with E-state index in [0.29, 0.717) is 24.1 Å². The van der Waals surface area contributed by atoms with E-state index >= 15 is 0 Å². The number of nitrogens with zero attached hydrogens (tertiary/aromatic N) is 4. The molecular formula is C17H15N5O2. The quantitative estimate of drug-likeness (QED) is 0.689. The highest BCUT2D eigenvalue weighted by Crippen LogP contribution is 2.38. The van der Waals surface area contributed by atoms with E-state index in [0.717, 1.165) is 5.56 Å². The Morgan fingerprint density at radius 3 is 2.71 bits per heavy atom. The van der Waals surface area contributed by atoms with Crippen LogP contribution in [0.5, 0.6) is 0 Å². The zero-order valence-electron chi connectivity index (χ0n) is 12.8. The molecule has 120 valence electrons. The lowest BCUT2D eigenvalue weighted by Gasteiger charge is -2.06. The average Bonchev–Trinajstić information content (AvgIpc) is 3.35. The van der Waals surface area contributed by atoms with Crippen LogP contribution in [0.4, 0.5) is 11.5 Å². The Bertz CT molecular complexity index is 857. The van der Waals surface area contributed by atoms with Crippen LogP contribution in [0.2, 0.25) is 0 Å². The zero-order valence-corrected chi connectivity index (χ0v) is 12.8. The Labute approximate surface area is 138 Å². The molecule has 4 rings (SSSR count). The van der Waals surface area contributed by atoms with Gasteiger partial charge in [-0.15, -0.1) is 0 Å². The number of benzene rings is 1. The number of nitro groups is 1. The molecule has 1 aliphatic heterocycles. The average molecular weight is 321 g/mol. The van der Waals surface area contributed by atoms with Gasteiger partial charge in [0, 0.05) is 5.56 Å². The Kier molecular flexibility index (Phi) is 3.53. The summed E-state index contributed by atoms with van der Waals surface area (Å²) >= 11 is 0. The molecule has 0 amide bonds. The van der Waals surface area contributed by atoms with Crippen LogP contribution in [0, 0.1) is 16.0 Å². The molecule has 0 bridgehead atoms. The number of rotatable bonds is 4. The van der Waals surface area contributed by atoms with E-state index in [1.54, 1.807) is 0 Å². The summed E-state index contributed by atoms with van der Waals surface area (Å²) < 4.78 is 0. The third-order valence-electron chi connectivity index (χ3n) is 4.10. The molecule has 1 aromatic heterocycles. The van der Waals surface area contributed by atoms with Gasteiger partial charge in [0.2, 0.25) is 5.82 Å². The summed E-state index contributed by atoms with van der Waals surface area (Å²) in [4.78, 5) is 23.6. The van der Waals surface area contributed by atoms with Gasteiger partial charge >= 0.3 is 5.69 Å². The molecule has 7 nitrogen and oxygen atoms in total. The SMILES string of the molecule is O=[N+]([O-])c1cnc(-c2ccccc2)nc1NC1=NCC(C2CC2)=C1. The van der Waals surface area contributed by atoms with Crippen LogP contribution in [-0.4, -0.2) is 27.3 Å². The molecule has 0 unspecified atom stereocenters. The predicted octanol–water partition coefficient (Wildman–Crippen LogP) is 3.21. The summed E-state index contributed by atoms with van der Waals surface area (Å²) in [5, 5.41) is 14.3. The largest absolute Gasteiger partial charge is 0.329 e. The van der Waals surface area contributed by atoms with E-state index in [4.69, 9.17) is 0 Å². The third-order valence-corrected chi connectivity index (χ3v) is 4.10. The second kappa shape index (κ2) is 5.84. The van der Waals surface area contributed by atoms with Crippen molar-refractivity contribution in [3.8, 4) is 11.4 Å². The first-order valence-corrected chi connectivity index (χ1v) is 7.79. The molecule has 2 heterocycles. The van der Waals surface area contributed by atoms with Crippen LogP contribution in [0.1, 0.15) is 12.8 Å². The molecule has 1 saturated carbocycles. The molecule has 1 aromatic carbocycles. The fourth-order valence-electron chi connectivity index (χ4n) is 2.67. The zero-order chi connectivity index (χ0) is 16.5. The Balaban J connectivity index is 1.66. The summed E-state index contributed by atoms with van der Waals surface area (Å²) in [7, 11) is 0. The lowest BCUT2D eigenvalue weighted by molar-refractivity contribution is -0.384. The van der Waals surface area contributed by atoms with Gasteiger partial charge in [-0.25, -0.2) is 9.97 Å². The third kappa shape index (κ3) is 2.88. The van der Waals surface area contributed by atoms with Gasteiger partial charge in [-0.05, 0) is 30.4 Å². The van der Waals surface area contributed by atoms with Crippen LogP contribution in [0.25, 0.3) is 11.4 Å². The minimum Gasteiger partial charge on any atom is -0.319 e. The molecule has 1 N–H and O–H groups in total. The van der Waals surface area contributed by atoms with Crippen LogP contribution < -0.4 is 5.32 Å². The standard InChI is InChI=1S/C17H15N5O2/c23-22(24)14-10-19-16(12-4-2-1-3-5-12)21-17(14)20-15-8-13(9-18-15)11-6-7-11/h1-5,8,10-11H,6-7,9H2,(H,18,19,20,21). The molecule has 7 heteroatoms. The van der Waals surface area contributed by atoms with E-state index in [9.17, 15) is 10.1 Å². The topological polar surface area (TPSA) is 93.3 Å². The number of aromatic nitrogens is 2. The molecule has 0 atom stereocenters. The van der Waals surface area contributed by atoms with Crippen molar-refractivity contribution in [3.05, 3.63) is 58.3 Å². The van der Waals surface area contributed by atoms with Gasteiger partial charge in [0.05, 0.1) is 11.5 Å². The fraction of sp³-hybridized carbons (Fsp3) is 0.235. The monoisotopic (exact) mass is 321 g/mol. The highest BCUT2D eigenvalue weighted by molar-refractivity contribution is 6.06. The van der Waals surface area contributed by atoms with E-state index in [1.165, 1.54) is 24.6 Å². The van der Waals surface area contributed by atoms with Gasteiger partial charge in [0.1, 0.15) is 12.0 Å². The van der Waals surface area contributed by atoms with Crippen LogP contribution in [-0.2, 0) is 0 Å². The summed E-state index contributed by atoms with van der Waals surface area (Å²) in [5.74, 6) is 1.86. The normalized spacial score (nSPS) is 16.5. The molecule has 0 spiro atoms. The lowest BCUT2D eigenvalue weighted by atomic mass is 10.2. The van der Waals surface area contributed by atoms with Gasteiger partial charge in [-0.3, -0.25) is 15.1 Å². The van der Waals surface area contributed by atoms with Gasteiger partial charge in [-0.1, -0.05) is 30.3 Å². The number of amidine groups is 1. The number of aliphatic imine (C=N–C) groups is 1. The minimum absolute atomic E-state index is 0.161. The minimum atomic E-state index is -0.488. The van der Waals surface area contributed by atoms with Crippen LogP contribution >= 0.6 is 0 Å². The number of hydrogen-bond acceptors (Lipinski definition) is 6. The number of anilines is 1. The number of hydrogen-bond donors (Lipinski definition) is 1. The van der Waals surface area contributed by atoms with Crippen molar-refractivity contribution < 1.29 is 4.92 Å². The Hall–Kier alpha value is -3.09. The summed E-state index contributed by atoms with van der Waals surface area (Å²) in [6.45, 7) is 0.664. The molecule has 0 saturated heterocycles. The van der Waals surface area contributed by atoms with E-state index in [-0.39, 0.29) is 11.5 Å². The maximum absolute atomic E-state index is 11.3. The van der Waals surface area contributed by atoms with Crippen molar-refractivity contribution in [2.45, 2.75) is 12.8 Å². The van der Waals surface area contributed by atoms with Crippen molar-refractivity contribution in [2.75, 3.05) is 11.9 Å². The smallest absolute Gasteiger partial charge is 0.319 e. The van der Waals surface area contributed by atoms with Gasteiger partial charge in [0.15, 0.2) is 5.82 Å². The van der Waals surface area contributed by atoms with Gasteiger partial charge in [-0.2, -0.15) is 0 Å². The predicted molar refractivity (Wildman–Crippen MR) is 90.9 cm³/mol. The summed E-state index contributed by atoms with van der Waals surface area (Å²) in [6.07, 6.45) is 5.63. The molecule has 24 heavy (non-hydrogen) atoms. The lowest BCUT2D eigenvalue weighted by Crippen LogP contribution is -2.11. The maximum Gasteiger partial charge on any atom is 0.329 e. The van der Waals surface area contributed by atoms with Crippen LogP contribution in [0.3, 0.4) is 0 Å². The molecule has 2 aliphatic rings. The molecule has 2 aromatic rings. The molecular weight excluding hydrogens is 306 g/mol.